The van der Waals surface area contributed by atoms with Crippen molar-refractivity contribution < 1.29 is 0 Å². The van der Waals surface area contributed by atoms with E-state index in [2.05, 4.69) is 32.5 Å². The Morgan fingerprint density at radius 2 is 1.00 bits per heavy atom. The highest BCUT2D eigenvalue weighted by atomic mass is 35.5. The largest absolute Gasteiger partial charge is 0.305 e. The van der Waals surface area contributed by atoms with Gasteiger partial charge in [0.05, 0.1) is 0 Å². The molecule has 0 bridgehead atoms. The number of hydrogen-bond donors (Lipinski definition) is 0. The molecule has 0 rings (SSSR count). The van der Waals surface area contributed by atoms with Crippen molar-refractivity contribution in [2.45, 2.75) is 103 Å². The highest BCUT2D eigenvalue weighted by Crippen LogP contribution is 2.14. The van der Waals surface area contributed by atoms with Gasteiger partial charge in [-0.05, 0) is 26.9 Å². The minimum Gasteiger partial charge on any atom is -0.305 e. The summed E-state index contributed by atoms with van der Waals surface area (Å²) in [6.07, 6.45) is 21.3. The van der Waals surface area contributed by atoms with Crippen molar-refractivity contribution in [2.24, 2.45) is 0 Å². The second-order valence-electron chi connectivity index (χ2n) is 7.33. The quantitative estimate of drug-likeness (QED) is 0.196. The zero-order chi connectivity index (χ0) is 16.5. The Balaban J connectivity index is 0. The molecule has 0 aliphatic heterocycles. The summed E-state index contributed by atoms with van der Waals surface area (Å²) in [4.78, 5) is 2.21. The Labute approximate surface area is 153 Å². The van der Waals surface area contributed by atoms with Gasteiger partial charge in [-0.3, -0.25) is 0 Å². The first-order chi connectivity index (χ1) is 10.7. The molecule has 0 aromatic heterocycles. The summed E-state index contributed by atoms with van der Waals surface area (Å²) in [5.74, 6) is 0. The van der Waals surface area contributed by atoms with Gasteiger partial charge in [0.2, 0.25) is 0 Å². The topological polar surface area (TPSA) is 3.24 Å². The van der Waals surface area contributed by atoms with Gasteiger partial charge in [0, 0.05) is 6.54 Å². The lowest BCUT2D eigenvalue weighted by molar-refractivity contribution is 0.437. The van der Waals surface area contributed by atoms with Crippen LogP contribution in [0.25, 0.3) is 0 Å². The van der Waals surface area contributed by atoms with E-state index in [1.807, 2.05) is 0 Å². The Hall–Kier alpha value is -0.0100. The molecule has 140 valence electrons. The van der Waals surface area contributed by atoms with E-state index in [1.54, 1.807) is 0 Å². The van der Waals surface area contributed by atoms with Crippen molar-refractivity contribution in [3.8, 4) is 0 Å². The van der Waals surface area contributed by atoms with Crippen molar-refractivity contribution in [3.63, 3.8) is 0 Å². The van der Waals surface area contributed by atoms with Crippen molar-refractivity contribution in [3.05, 3.63) is 12.2 Å². The van der Waals surface area contributed by atoms with Crippen LogP contribution in [0, 0.1) is 0 Å². The average molecular weight is 346 g/mol. The maximum atomic E-state index is 4.15. The summed E-state index contributed by atoms with van der Waals surface area (Å²) in [6.45, 7) is 7.50. The zero-order valence-electron chi connectivity index (χ0n) is 16.4. The summed E-state index contributed by atoms with van der Waals surface area (Å²) < 4.78 is 0. The molecule has 0 saturated heterocycles. The molecule has 0 aromatic carbocycles. The molecule has 0 unspecified atom stereocenters. The highest BCUT2D eigenvalue weighted by Gasteiger charge is 1.97. The minimum absolute atomic E-state index is 0. The van der Waals surface area contributed by atoms with Crippen LogP contribution in [0.2, 0.25) is 0 Å². The van der Waals surface area contributed by atoms with E-state index < -0.39 is 0 Å². The van der Waals surface area contributed by atoms with E-state index in [0.29, 0.717) is 0 Å². The van der Waals surface area contributed by atoms with Gasteiger partial charge >= 0.3 is 0 Å². The predicted molar refractivity (Wildman–Crippen MR) is 110 cm³/mol. The Morgan fingerprint density at radius 1 is 0.652 bits per heavy atom. The predicted octanol–water partition coefficient (Wildman–Crippen LogP) is 7.40. The number of rotatable bonds is 17. The smallest absolute Gasteiger partial charge is 0.0184 e. The number of unbranched alkanes of at least 4 members (excludes halogenated alkanes) is 13. The molecular weight excluding hydrogens is 302 g/mol. The molecule has 0 atom stereocenters. The van der Waals surface area contributed by atoms with E-state index in [9.17, 15) is 0 Å². The first-order valence-electron chi connectivity index (χ1n) is 9.98. The second kappa shape index (κ2) is 20.0. The molecule has 0 aliphatic carbocycles. The summed E-state index contributed by atoms with van der Waals surface area (Å²) in [7, 11) is 4.24. The summed E-state index contributed by atoms with van der Waals surface area (Å²) >= 11 is 0. The van der Waals surface area contributed by atoms with Crippen molar-refractivity contribution in [1.82, 2.24) is 4.90 Å². The van der Waals surface area contributed by atoms with Gasteiger partial charge in [0.15, 0.2) is 0 Å². The molecule has 0 saturated carbocycles. The molecule has 0 amide bonds. The molecular formula is C21H44ClN. The Morgan fingerprint density at radius 3 is 1.35 bits per heavy atom. The third-order valence-corrected chi connectivity index (χ3v) is 4.42. The van der Waals surface area contributed by atoms with Crippen LogP contribution in [0.5, 0.6) is 0 Å². The zero-order valence-corrected chi connectivity index (χ0v) is 17.2. The fourth-order valence-corrected chi connectivity index (χ4v) is 3.10. The minimum atomic E-state index is 0. The average Bonchev–Trinajstić information content (AvgIpc) is 2.47. The van der Waals surface area contributed by atoms with Gasteiger partial charge in [-0.25, -0.2) is 0 Å². The molecule has 0 N–H and O–H groups in total. The third-order valence-electron chi connectivity index (χ3n) is 4.42. The number of nitrogens with zero attached hydrogens (tertiary/aromatic N) is 1. The van der Waals surface area contributed by atoms with Gasteiger partial charge in [0.1, 0.15) is 0 Å². The van der Waals surface area contributed by atoms with Crippen LogP contribution >= 0.6 is 12.4 Å². The maximum Gasteiger partial charge on any atom is 0.0184 e. The molecule has 0 fully saturated rings. The Kier molecular flexibility index (Phi) is 22.0. The molecule has 0 spiro atoms. The number of halogens is 1. The van der Waals surface area contributed by atoms with Crippen molar-refractivity contribution >= 4 is 12.4 Å². The SMILES string of the molecule is C=C(CCCCCCCCCCCCCCCC)CN(C)C.Cl. The molecule has 0 aromatic rings. The van der Waals surface area contributed by atoms with Crippen LogP contribution < -0.4 is 0 Å². The fraction of sp³-hybridized carbons (Fsp3) is 0.905. The van der Waals surface area contributed by atoms with Crippen LogP contribution in [0.3, 0.4) is 0 Å². The molecule has 1 nitrogen and oxygen atoms in total. The monoisotopic (exact) mass is 345 g/mol. The summed E-state index contributed by atoms with van der Waals surface area (Å²) in [5, 5.41) is 0. The second-order valence-corrected chi connectivity index (χ2v) is 7.33. The fourth-order valence-electron chi connectivity index (χ4n) is 3.10. The standard InChI is InChI=1S/C21H43N.ClH/c1-5-6-7-8-9-10-11-12-13-14-15-16-17-18-19-21(2)20-22(3)4;/h2,5-20H2,1,3-4H3;1H. The van der Waals surface area contributed by atoms with Crippen LogP contribution in [-0.2, 0) is 0 Å². The molecule has 2 heteroatoms. The van der Waals surface area contributed by atoms with Gasteiger partial charge in [0.25, 0.3) is 0 Å². The van der Waals surface area contributed by atoms with Crippen LogP contribution in [-0.4, -0.2) is 25.5 Å². The van der Waals surface area contributed by atoms with Crippen molar-refractivity contribution in [1.29, 1.82) is 0 Å². The molecule has 0 aliphatic rings. The van der Waals surface area contributed by atoms with E-state index in [0.717, 1.165) is 6.54 Å². The van der Waals surface area contributed by atoms with Crippen LogP contribution in [0.15, 0.2) is 12.2 Å². The summed E-state index contributed by atoms with van der Waals surface area (Å²) in [5.41, 5.74) is 1.39. The lowest BCUT2D eigenvalue weighted by Crippen LogP contribution is -2.14. The highest BCUT2D eigenvalue weighted by molar-refractivity contribution is 5.85. The lowest BCUT2D eigenvalue weighted by atomic mass is 10.0. The third kappa shape index (κ3) is 22.0. The lowest BCUT2D eigenvalue weighted by Gasteiger charge is -2.11. The first kappa shape index (κ1) is 25.2. The van der Waals surface area contributed by atoms with Gasteiger partial charge < -0.3 is 4.90 Å². The molecule has 0 heterocycles. The number of likely N-dealkylation sites (N-methyl/N-ethyl adjacent to an activating group) is 1. The number of hydrogen-bond acceptors (Lipinski definition) is 1. The first-order valence-corrected chi connectivity index (χ1v) is 9.98. The molecule has 0 radical (unpaired) electrons. The van der Waals surface area contributed by atoms with Gasteiger partial charge in [-0.1, -0.05) is 103 Å². The maximum absolute atomic E-state index is 4.15. The van der Waals surface area contributed by atoms with E-state index in [4.69, 9.17) is 0 Å². The van der Waals surface area contributed by atoms with E-state index in [1.165, 1.54) is 102 Å². The van der Waals surface area contributed by atoms with E-state index in [-0.39, 0.29) is 12.4 Å². The Bertz CT molecular complexity index is 238. The van der Waals surface area contributed by atoms with Gasteiger partial charge in [-0.2, -0.15) is 0 Å². The van der Waals surface area contributed by atoms with Crippen LogP contribution in [0.4, 0.5) is 0 Å². The van der Waals surface area contributed by atoms with Gasteiger partial charge in [-0.15, -0.1) is 12.4 Å². The van der Waals surface area contributed by atoms with Crippen molar-refractivity contribution in [2.75, 3.05) is 20.6 Å². The molecule has 23 heavy (non-hydrogen) atoms. The normalized spacial score (nSPS) is 10.8. The van der Waals surface area contributed by atoms with E-state index >= 15 is 0 Å². The summed E-state index contributed by atoms with van der Waals surface area (Å²) in [6, 6.07) is 0. The van der Waals surface area contributed by atoms with Crippen LogP contribution in [0.1, 0.15) is 103 Å².